The molecule has 7 heteroatoms. The van der Waals surface area contributed by atoms with E-state index in [1.807, 2.05) is 35.8 Å². The predicted molar refractivity (Wildman–Crippen MR) is 93.5 cm³/mol. The molecule has 5 nitrogen and oxygen atoms in total. The number of hydrogen-bond acceptors (Lipinski definition) is 4. The van der Waals surface area contributed by atoms with Gasteiger partial charge in [0, 0.05) is 22.0 Å². The van der Waals surface area contributed by atoms with Crippen LogP contribution in [-0.4, -0.2) is 24.4 Å². The minimum absolute atomic E-state index is 0.159. The minimum atomic E-state index is -0.159. The molecule has 0 unspecified atom stereocenters. The number of hydrogen-bond donors (Lipinski definition) is 0. The highest BCUT2D eigenvalue weighted by molar-refractivity contribution is 7.99. The Kier molecular flexibility index (Phi) is 4.46. The van der Waals surface area contributed by atoms with Crippen LogP contribution in [0.1, 0.15) is 25.1 Å². The summed E-state index contributed by atoms with van der Waals surface area (Å²) in [7, 11) is 0. The summed E-state index contributed by atoms with van der Waals surface area (Å²) >= 11 is 7.48. The van der Waals surface area contributed by atoms with E-state index >= 15 is 0 Å². The molecular formula is C16H17ClN4OS. The van der Waals surface area contributed by atoms with Gasteiger partial charge < -0.3 is 4.57 Å². The molecular weight excluding hydrogens is 332 g/mol. The first-order valence-corrected chi connectivity index (χ1v) is 8.58. The monoisotopic (exact) mass is 348 g/mol. The number of aryl methyl sites for hydroxylation is 1. The molecule has 0 spiro atoms. The van der Waals surface area contributed by atoms with Crippen LogP contribution >= 0.6 is 23.4 Å². The summed E-state index contributed by atoms with van der Waals surface area (Å²) in [5, 5.41) is 6.00. The summed E-state index contributed by atoms with van der Waals surface area (Å²) < 4.78 is 3.36. The lowest BCUT2D eigenvalue weighted by molar-refractivity contribution is 0.729. The van der Waals surface area contributed by atoms with Crippen molar-refractivity contribution < 1.29 is 0 Å². The van der Waals surface area contributed by atoms with Crippen molar-refractivity contribution in [2.45, 2.75) is 37.7 Å². The molecule has 0 aliphatic heterocycles. The molecule has 0 saturated heterocycles. The van der Waals surface area contributed by atoms with Crippen molar-refractivity contribution in [1.82, 2.24) is 19.2 Å². The molecule has 3 rings (SSSR count). The van der Waals surface area contributed by atoms with Crippen LogP contribution in [0.2, 0.25) is 5.02 Å². The lowest BCUT2D eigenvalue weighted by Crippen LogP contribution is -2.20. The summed E-state index contributed by atoms with van der Waals surface area (Å²) in [6.07, 6.45) is 0. The van der Waals surface area contributed by atoms with Gasteiger partial charge in [0.25, 0.3) is 5.56 Å². The summed E-state index contributed by atoms with van der Waals surface area (Å²) in [5.74, 6) is 0.563. The first-order chi connectivity index (χ1) is 10.9. The number of rotatable bonds is 4. The first-order valence-electron chi connectivity index (χ1n) is 7.32. The molecule has 3 aromatic rings. The fourth-order valence-electron chi connectivity index (χ4n) is 2.31. The molecule has 2 aromatic heterocycles. The maximum absolute atomic E-state index is 12.2. The molecule has 0 atom stereocenters. The molecule has 1 aromatic carbocycles. The molecule has 120 valence electrons. The average Bonchev–Trinajstić information content (AvgIpc) is 2.88. The van der Waals surface area contributed by atoms with Gasteiger partial charge >= 0.3 is 0 Å². The van der Waals surface area contributed by atoms with Gasteiger partial charge in [-0.3, -0.25) is 4.79 Å². The maximum Gasteiger partial charge on any atom is 0.275 e. The molecule has 0 bridgehead atoms. The van der Waals surface area contributed by atoms with E-state index in [-0.39, 0.29) is 5.56 Å². The van der Waals surface area contributed by atoms with Crippen LogP contribution in [0.5, 0.6) is 0 Å². The zero-order chi connectivity index (χ0) is 16.6. The third-order valence-electron chi connectivity index (χ3n) is 3.37. The highest BCUT2D eigenvalue weighted by Gasteiger charge is 2.13. The maximum atomic E-state index is 12.2. The topological polar surface area (TPSA) is 52.2 Å². The second-order valence-electron chi connectivity index (χ2n) is 5.61. The van der Waals surface area contributed by atoms with Crippen molar-refractivity contribution in [3.05, 3.63) is 57.0 Å². The van der Waals surface area contributed by atoms with Crippen molar-refractivity contribution >= 4 is 29.1 Å². The molecule has 2 heterocycles. The zero-order valence-corrected chi connectivity index (χ0v) is 14.7. The van der Waals surface area contributed by atoms with Crippen molar-refractivity contribution in [1.29, 1.82) is 0 Å². The second kappa shape index (κ2) is 6.37. The highest BCUT2D eigenvalue weighted by atomic mass is 35.5. The smallest absolute Gasteiger partial charge is 0.275 e. The summed E-state index contributed by atoms with van der Waals surface area (Å²) in [5.41, 5.74) is 1.78. The van der Waals surface area contributed by atoms with E-state index in [0.717, 1.165) is 11.3 Å². The van der Waals surface area contributed by atoms with Crippen molar-refractivity contribution in [2.75, 3.05) is 0 Å². The van der Waals surface area contributed by atoms with E-state index in [1.165, 1.54) is 4.52 Å². The Morgan fingerprint density at radius 1 is 1.26 bits per heavy atom. The van der Waals surface area contributed by atoms with E-state index in [4.69, 9.17) is 11.6 Å². The molecule has 0 N–H and O–H groups in total. The van der Waals surface area contributed by atoms with Gasteiger partial charge in [-0.1, -0.05) is 49.3 Å². The van der Waals surface area contributed by atoms with Crippen LogP contribution in [0.4, 0.5) is 0 Å². The van der Waals surface area contributed by atoms with Gasteiger partial charge in [-0.15, -0.1) is 5.10 Å². The summed E-state index contributed by atoms with van der Waals surface area (Å²) in [6, 6.07) is 9.24. The lowest BCUT2D eigenvalue weighted by atomic mass is 10.2. The van der Waals surface area contributed by atoms with E-state index in [9.17, 15) is 4.79 Å². The van der Waals surface area contributed by atoms with Gasteiger partial charge in [0.2, 0.25) is 10.9 Å². The average molecular weight is 349 g/mol. The van der Waals surface area contributed by atoms with E-state index < -0.39 is 0 Å². The molecule has 0 aliphatic carbocycles. The van der Waals surface area contributed by atoms with Crippen LogP contribution in [0.15, 0.2) is 40.3 Å². The number of benzene rings is 1. The Bertz CT molecular complexity index is 899. The number of aromatic nitrogens is 4. The number of nitrogens with zero attached hydrogens (tertiary/aromatic N) is 4. The quantitative estimate of drug-likeness (QED) is 0.678. The Hall–Kier alpha value is -1.79. The third-order valence-corrected chi connectivity index (χ3v) is 4.48. The van der Waals surface area contributed by atoms with Crippen molar-refractivity contribution in [2.24, 2.45) is 0 Å². The van der Waals surface area contributed by atoms with Crippen LogP contribution in [0, 0.1) is 6.92 Å². The van der Waals surface area contributed by atoms with E-state index in [1.54, 1.807) is 17.8 Å². The van der Waals surface area contributed by atoms with Gasteiger partial charge in [0.15, 0.2) is 0 Å². The lowest BCUT2D eigenvalue weighted by Gasteiger charge is -2.11. The predicted octanol–water partition coefficient (Wildman–Crippen LogP) is 3.40. The molecule has 0 fully saturated rings. The Morgan fingerprint density at radius 3 is 2.61 bits per heavy atom. The van der Waals surface area contributed by atoms with Crippen molar-refractivity contribution in [3.8, 4) is 0 Å². The number of fused-ring (bicyclic) bond motifs is 1. The van der Waals surface area contributed by atoms with Gasteiger partial charge in [0.05, 0.1) is 6.54 Å². The van der Waals surface area contributed by atoms with Gasteiger partial charge in [-0.05, 0) is 24.6 Å². The molecule has 0 aliphatic rings. The Morgan fingerprint density at radius 2 is 1.96 bits per heavy atom. The highest BCUT2D eigenvalue weighted by Crippen LogP contribution is 2.20. The van der Waals surface area contributed by atoms with E-state index in [2.05, 4.69) is 23.9 Å². The fourth-order valence-corrected chi connectivity index (χ4v) is 3.12. The second-order valence-corrected chi connectivity index (χ2v) is 7.59. The van der Waals surface area contributed by atoms with Gasteiger partial charge in [0.1, 0.15) is 0 Å². The Balaban J connectivity index is 2.09. The Labute approximate surface area is 143 Å². The van der Waals surface area contributed by atoms with Crippen LogP contribution in [0.25, 0.3) is 5.78 Å². The van der Waals surface area contributed by atoms with Gasteiger partial charge in [-0.2, -0.15) is 9.50 Å². The van der Waals surface area contributed by atoms with Crippen molar-refractivity contribution in [3.63, 3.8) is 0 Å². The van der Waals surface area contributed by atoms with Crippen LogP contribution in [0.3, 0.4) is 0 Å². The molecule has 0 saturated carbocycles. The number of halogens is 1. The minimum Gasteiger partial charge on any atom is -0.310 e. The number of thioether (sulfide) groups is 1. The van der Waals surface area contributed by atoms with Gasteiger partial charge in [-0.25, -0.2) is 0 Å². The van der Waals surface area contributed by atoms with Crippen LogP contribution in [-0.2, 0) is 6.54 Å². The largest absolute Gasteiger partial charge is 0.310 e. The third kappa shape index (κ3) is 3.43. The molecule has 0 amide bonds. The summed E-state index contributed by atoms with van der Waals surface area (Å²) in [6.45, 7) is 6.65. The van der Waals surface area contributed by atoms with Crippen LogP contribution < -0.4 is 5.56 Å². The first kappa shape index (κ1) is 16.1. The molecule has 23 heavy (non-hydrogen) atoms. The summed E-state index contributed by atoms with van der Waals surface area (Å²) in [4.78, 5) is 16.7. The SMILES string of the molecule is Cc1cc(=O)n2nc(SC(C)C)nc2n1Cc1ccc(Cl)cc1. The van der Waals surface area contributed by atoms with E-state index in [0.29, 0.717) is 27.8 Å². The normalized spacial score (nSPS) is 11.5. The molecule has 0 radical (unpaired) electrons. The standard InChI is InChI=1S/C16H17ClN4OS/c1-10(2)23-15-18-16-20(9-12-4-6-13(17)7-5-12)11(3)8-14(22)21(16)19-15/h4-8,10H,9H2,1-3H3. The fraction of sp³-hybridized carbons (Fsp3) is 0.312. The zero-order valence-electron chi connectivity index (χ0n) is 13.2.